The Kier molecular flexibility index (Phi) is 8.66. The fraction of sp³-hybridized carbons (Fsp3) is 0.630. The van der Waals surface area contributed by atoms with E-state index in [-0.39, 0.29) is 35.4 Å². The molecule has 2 saturated carbocycles. The molecule has 2 aliphatic carbocycles. The Morgan fingerprint density at radius 3 is 2.56 bits per heavy atom. The lowest BCUT2D eigenvalue weighted by molar-refractivity contribution is -0.140. The highest BCUT2D eigenvalue weighted by Gasteiger charge is 2.44. The van der Waals surface area contributed by atoms with Gasteiger partial charge >= 0.3 is 5.97 Å². The number of allylic oxidation sites excluding steroid dienone is 2. The van der Waals surface area contributed by atoms with Crippen LogP contribution in [0.15, 0.2) is 36.4 Å². The molecule has 1 unspecified atom stereocenters. The van der Waals surface area contributed by atoms with E-state index in [1.165, 1.54) is 13.5 Å². The summed E-state index contributed by atoms with van der Waals surface area (Å²) in [6.07, 6.45) is 11.0. The van der Waals surface area contributed by atoms with E-state index < -0.39 is 12.2 Å². The largest absolute Gasteiger partial charge is 0.469 e. The molecular formula is C27H38O5. The van der Waals surface area contributed by atoms with E-state index in [1.807, 2.05) is 36.4 Å². The second-order valence-corrected chi connectivity index (χ2v) is 9.58. The van der Waals surface area contributed by atoms with Gasteiger partial charge in [-0.15, -0.1) is 0 Å². The summed E-state index contributed by atoms with van der Waals surface area (Å²) >= 11 is 0. The van der Waals surface area contributed by atoms with Crippen molar-refractivity contribution in [2.24, 2.45) is 11.3 Å². The van der Waals surface area contributed by atoms with Crippen molar-refractivity contribution in [2.45, 2.75) is 89.3 Å². The number of ether oxygens (including phenoxy) is 1. The molecule has 3 rings (SSSR count). The minimum absolute atomic E-state index is 0.0142. The third kappa shape index (κ3) is 5.49. The number of aliphatic hydroxyl groups excluding tert-OH is 2. The third-order valence-electron chi connectivity index (χ3n) is 7.52. The van der Waals surface area contributed by atoms with Crippen LogP contribution >= 0.6 is 0 Å². The van der Waals surface area contributed by atoms with Gasteiger partial charge in [0.2, 0.25) is 0 Å². The van der Waals surface area contributed by atoms with Gasteiger partial charge in [0.05, 0.1) is 19.3 Å². The van der Waals surface area contributed by atoms with E-state index >= 15 is 0 Å². The van der Waals surface area contributed by atoms with Crippen LogP contribution in [-0.4, -0.2) is 35.2 Å². The minimum Gasteiger partial charge on any atom is -0.469 e. The number of esters is 1. The topological polar surface area (TPSA) is 83.8 Å². The lowest BCUT2D eigenvalue weighted by Gasteiger charge is -2.46. The van der Waals surface area contributed by atoms with Crippen LogP contribution in [0.25, 0.3) is 0 Å². The average molecular weight is 443 g/mol. The van der Waals surface area contributed by atoms with E-state index in [1.54, 1.807) is 0 Å². The number of unbranched alkanes of at least 4 members (excludes halogenated alkanes) is 1. The number of Topliss-reactive ketones (excluding diaryl/α,β-unsaturated/α-hetero) is 1. The monoisotopic (exact) mass is 442 g/mol. The van der Waals surface area contributed by atoms with Gasteiger partial charge in [-0.3, -0.25) is 9.59 Å². The van der Waals surface area contributed by atoms with Crippen LogP contribution in [0.2, 0.25) is 0 Å². The Morgan fingerprint density at radius 2 is 1.97 bits per heavy atom. The molecular weight excluding hydrogens is 404 g/mol. The highest BCUT2D eigenvalue weighted by molar-refractivity contribution is 5.85. The van der Waals surface area contributed by atoms with E-state index in [4.69, 9.17) is 0 Å². The standard InChI is InChI=1S/C27H38O5/c1-3-15-27(16-8-17-27)26(31)20-13-11-19(12-14-20)25-21(22(28)18-23(25)29)9-6-4-5-7-10-24(30)32-2/h4,6,11-14,21,23,25-26,29,31H,3,5,7-10,15-18H2,1-2H3/t21-,23+,25+,26?/m0/s1. The molecule has 1 aromatic rings. The Morgan fingerprint density at radius 1 is 1.25 bits per heavy atom. The fourth-order valence-electron chi connectivity index (χ4n) is 5.56. The van der Waals surface area contributed by atoms with Crippen LogP contribution in [0.5, 0.6) is 0 Å². The Hall–Kier alpha value is -1.98. The quantitative estimate of drug-likeness (QED) is 0.286. The smallest absolute Gasteiger partial charge is 0.305 e. The van der Waals surface area contributed by atoms with E-state index in [0.29, 0.717) is 12.8 Å². The lowest BCUT2D eigenvalue weighted by atomic mass is 9.61. The highest BCUT2D eigenvalue weighted by atomic mass is 16.5. The van der Waals surface area contributed by atoms with Crippen LogP contribution < -0.4 is 0 Å². The molecule has 0 saturated heterocycles. The van der Waals surface area contributed by atoms with Crippen molar-refractivity contribution in [2.75, 3.05) is 7.11 Å². The molecule has 0 aliphatic heterocycles. The van der Waals surface area contributed by atoms with Gasteiger partial charge in [0.1, 0.15) is 5.78 Å². The van der Waals surface area contributed by atoms with E-state index in [0.717, 1.165) is 49.7 Å². The number of ketones is 1. The summed E-state index contributed by atoms with van der Waals surface area (Å²) < 4.78 is 4.64. The maximum absolute atomic E-state index is 12.5. The summed E-state index contributed by atoms with van der Waals surface area (Å²) in [7, 11) is 1.39. The zero-order valence-electron chi connectivity index (χ0n) is 19.5. The molecule has 5 heteroatoms. The molecule has 2 fully saturated rings. The first kappa shape index (κ1) is 24.7. The minimum atomic E-state index is -0.672. The number of rotatable bonds is 11. The first-order valence-corrected chi connectivity index (χ1v) is 12.1. The molecule has 1 aromatic carbocycles. The fourth-order valence-corrected chi connectivity index (χ4v) is 5.56. The van der Waals surface area contributed by atoms with Gasteiger partial charge in [-0.25, -0.2) is 0 Å². The molecule has 5 nitrogen and oxygen atoms in total. The molecule has 0 radical (unpaired) electrons. The number of aliphatic hydroxyl groups is 2. The SMILES string of the molecule is CCCC1(C(O)c2ccc([C@H]3[C@H](O)CC(=O)[C@@H]3CC=CCCCC(=O)OC)cc2)CCC1. The van der Waals surface area contributed by atoms with Crippen molar-refractivity contribution in [1.82, 2.24) is 0 Å². The molecule has 0 amide bonds. The van der Waals surface area contributed by atoms with Crippen LogP contribution in [0.4, 0.5) is 0 Å². The summed E-state index contributed by atoms with van der Waals surface area (Å²) in [4.78, 5) is 23.7. The van der Waals surface area contributed by atoms with Gasteiger partial charge in [0.25, 0.3) is 0 Å². The number of carbonyl (C=O) groups excluding carboxylic acids is 2. The molecule has 0 heterocycles. The first-order valence-electron chi connectivity index (χ1n) is 12.1. The summed E-state index contributed by atoms with van der Waals surface area (Å²) in [6.45, 7) is 2.17. The molecule has 0 bridgehead atoms. The summed E-state index contributed by atoms with van der Waals surface area (Å²) in [5, 5.41) is 21.6. The van der Waals surface area contributed by atoms with Crippen molar-refractivity contribution in [3.8, 4) is 0 Å². The molecule has 0 spiro atoms. The summed E-state index contributed by atoms with van der Waals surface area (Å²) in [5.41, 5.74) is 1.91. The van der Waals surface area contributed by atoms with Crippen LogP contribution in [-0.2, 0) is 14.3 Å². The second kappa shape index (κ2) is 11.2. The molecule has 2 N–H and O–H groups in total. The first-order chi connectivity index (χ1) is 15.4. The Balaban J connectivity index is 1.63. The van der Waals surface area contributed by atoms with Crippen LogP contribution in [0.1, 0.15) is 94.3 Å². The number of benzene rings is 1. The van der Waals surface area contributed by atoms with Crippen molar-refractivity contribution in [3.05, 3.63) is 47.5 Å². The normalized spacial score (nSPS) is 25.6. The predicted octanol–water partition coefficient (Wildman–Crippen LogP) is 5.01. The number of hydrogen-bond acceptors (Lipinski definition) is 5. The Labute approximate surface area is 191 Å². The maximum atomic E-state index is 12.5. The third-order valence-corrected chi connectivity index (χ3v) is 7.52. The average Bonchev–Trinajstić information content (AvgIpc) is 3.05. The summed E-state index contributed by atoms with van der Waals surface area (Å²) in [5.74, 6) is -0.571. The second-order valence-electron chi connectivity index (χ2n) is 9.58. The number of carbonyl (C=O) groups is 2. The van der Waals surface area contributed by atoms with Crippen molar-refractivity contribution < 1.29 is 24.5 Å². The van der Waals surface area contributed by atoms with Gasteiger partial charge in [0.15, 0.2) is 0 Å². The van der Waals surface area contributed by atoms with Gasteiger partial charge in [-0.2, -0.15) is 0 Å². The van der Waals surface area contributed by atoms with Gasteiger partial charge in [0, 0.05) is 30.1 Å². The number of methoxy groups -OCH3 is 1. The molecule has 2 aliphatic rings. The number of hydrogen-bond donors (Lipinski definition) is 2. The Bertz CT molecular complexity index is 793. The van der Waals surface area contributed by atoms with Crippen molar-refractivity contribution in [3.63, 3.8) is 0 Å². The summed E-state index contributed by atoms with van der Waals surface area (Å²) in [6, 6.07) is 7.92. The zero-order chi connectivity index (χ0) is 23.1. The highest BCUT2D eigenvalue weighted by Crippen LogP contribution is 2.53. The van der Waals surface area contributed by atoms with E-state index in [9.17, 15) is 19.8 Å². The molecule has 32 heavy (non-hydrogen) atoms. The molecule has 0 aromatic heterocycles. The lowest BCUT2D eigenvalue weighted by Crippen LogP contribution is -2.36. The van der Waals surface area contributed by atoms with Gasteiger partial charge in [-0.05, 0) is 49.7 Å². The zero-order valence-corrected chi connectivity index (χ0v) is 19.5. The maximum Gasteiger partial charge on any atom is 0.305 e. The van der Waals surface area contributed by atoms with Crippen LogP contribution in [0, 0.1) is 11.3 Å². The molecule has 176 valence electrons. The van der Waals surface area contributed by atoms with Gasteiger partial charge < -0.3 is 14.9 Å². The van der Waals surface area contributed by atoms with Crippen molar-refractivity contribution in [1.29, 1.82) is 0 Å². The molecule has 4 atom stereocenters. The van der Waals surface area contributed by atoms with Crippen molar-refractivity contribution >= 4 is 11.8 Å². The predicted molar refractivity (Wildman–Crippen MR) is 124 cm³/mol. The van der Waals surface area contributed by atoms with Crippen LogP contribution in [0.3, 0.4) is 0 Å². The van der Waals surface area contributed by atoms with E-state index in [2.05, 4.69) is 11.7 Å². The van der Waals surface area contributed by atoms with Gasteiger partial charge in [-0.1, -0.05) is 56.2 Å².